The Morgan fingerprint density at radius 3 is 2.27 bits per heavy atom. The van der Waals surface area contributed by atoms with Crippen LogP contribution in [0.1, 0.15) is 47.5 Å². The molecule has 2 fully saturated rings. The molecule has 2 aromatic rings. The minimum Gasteiger partial charge on any atom is -0.409 e. The molecule has 4 rings (SSSR count). The number of hydrogen-bond donors (Lipinski definition) is 4. The van der Waals surface area contributed by atoms with Crippen LogP contribution in [-0.4, -0.2) is 132 Å². The van der Waals surface area contributed by atoms with Crippen LogP contribution in [-0.2, 0) is 14.5 Å². The maximum absolute atomic E-state index is 13.5. The van der Waals surface area contributed by atoms with E-state index in [0.29, 0.717) is 47.4 Å². The Balaban J connectivity index is 1.49. The van der Waals surface area contributed by atoms with E-state index in [1.807, 2.05) is 35.2 Å². The number of rotatable bonds is 17. The van der Waals surface area contributed by atoms with E-state index in [-0.39, 0.29) is 61.9 Å². The Labute approximate surface area is 312 Å². The molecule has 2 aliphatic rings. The molecule has 2 aliphatic heterocycles. The second-order valence-electron chi connectivity index (χ2n) is 12.7. The van der Waals surface area contributed by atoms with Crippen molar-refractivity contribution in [2.75, 3.05) is 66.1 Å². The van der Waals surface area contributed by atoms with Crippen molar-refractivity contribution in [2.24, 2.45) is 32.7 Å². The minimum absolute atomic E-state index is 0.0455. The van der Waals surface area contributed by atoms with E-state index in [1.54, 1.807) is 25.2 Å². The van der Waals surface area contributed by atoms with Gasteiger partial charge < -0.3 is 51.7 Å². The fourth-order valence-corrected chi connectivity index (χ4v) is 6.81. The van der Waals surface area contributed by atoms with Crippen molar-refractivity contribution in [3.05, 3.63) is 69.7 Å². The molecule has 2 heterocycles. The molecule has 4 amide bonds. The molecule has 0 bridgehead atoms. The molecule has 2 saturated heterocycles. The SMILES string of the molecule is CN(C/C(=N\OC/C(N)=N/OC/C(N)=N/O)C(CCN1CCC(N2CCCN(CC(N)=O)C2=O)CC1)c1ccccc1)C(=O)c1cc(Cl)cc(Cl)c1. The van der Waals surface area contributed by atoms with Gasteiger partial charge in [-0.15, -0.1) is 0 Å². The van der Waals surface area contributed by atoms with Crippen LogP contribution in [0.4, 0.5) is 4.79 Å². The number of primary amides is 1. The number of amides is 4. The first-order valence-corrected chi connectivity index (χ1v) is 17.6. The van der Waals surface area contributed by atoms with Crippen LogP contribution < -0.4 is 17.2 Å². The van der Waals surface area contributed by atoms with E-state index in [9.17, 15) is 14.4 Å². The van der Waals surface area contributed by atoms with Gasteiger partial charge in [0.15, 0.2) is 24.9 Å². The van der Waals surface area contributed by atoms with Gasteiger partial charge in [-0.3, -0.25) is 9.59 Å². The summed E-state index contributed by atoms with van der Waals surface area (Å²) in [6.07, 6.45) is 3.03. The van der Waals surface area contributed by atoms with Gasteiger partial charge in [0.2, 0.25) is 5.91 Å². The van der Waals surface area contributed by atoms with Gasteiger partial charge in [-0.25, -0.2) is 4.79 Å². The lowest BCUT2D eigenvalue weighted by molar-refractivity contribution is -0.119. The zero-order chi connectivity index (χ0) is 37.6. The van der Waals surface area contributed by atoms with Gasteiger partial charge in [-0.05, 0) is 56.0 Å². The van der Waals surface area contributed by atoms with E-state index in [0.717, 1.165) is 37.9 Å². The quantitative estimate of drug-likeness (QED) is 0.0805. The number of nitrogens with two attached hydrogens (primary N) is 3. The van der Waals surface area contributed by atoms with Crippen LogP contribution in [0.15, 0.2) is 64.0 Å². The van der Waals surface area contributed by atoms with Gasteiger partial charge in [0, 0.05) is 60.8 Å². The van der Waals surface area contributed by atoms with Gasteiger partial charge in [-0.2, -0.15) is 0 Å². The van der Waals surface area contributed by atoms with Gasteiger partial charge >= 0.3 is 6.03 Å². The zero-order valence-electron chi connectivity index (χ0n) is 29.1. The zero-order valence-corrected chi connectivity index (χ0v) is 30.6. The number of urea groups is 1. The number of likely N-dealkylation sites (tertiary alicyclic amines) is 1. The average Bonchev–Trinajstić information content (AvgIpc) is 3.12. The summed E-state index contributed by atoms with van der Waals surface area (Å²) in [6.45, 7) is 2.97. The van der Waals surface area contributed by atoms with Crippen molar-refractivity contribution in [3.63, 3.8) is 0 Å². The van der Waals surface area contributed by atoms with Crippen LogP contribution in [0.25, 0.3) is 0 Å². The number of halogens is 2. The maximum Gasteiger partial charge on any atom is 0.320 e. The highest BCUT2D eigenvalue weighted by molar-refractivity contribution is 6.35. The second kappa shape index (κ2) is 19.7. The third kappa shape index (κ3) is 11.9. The van der Waals surface area contributed by atoms with E-state index < -0.39 is 5.91 Å². The normalized spacial score (nSPS) is 17.2. The lowest BCUT2D eigenvalue weighted by Crippen LogP contribution is -2.57. The summed E-state index contributed by atoms with van der Waals surface area (Å²) in [6, 6.07) is 14.4. The van der Waals surface area contributed by atoms with Crippen LogP contribution >= 0.6 is 23.2 Å². The molecule has 0 aromatic heterocycles. The molecule has 1 atom stereocenters. The van der Waals surface area contributed by atoms with Crippen molar-refractivity contribution in [1.29, 1.82) is 0 Å². The number of amidine groups is 2. The highest BCUT2D eigenvalue weighted by Crippen LogP contribution is 2.27. The van der Waals surface area contributed by atoms with E-state index in [2.05, 4.69) is 20.4 Å². The Hall–Kier alpha value is -4.80. The molecule has 0 radical (unpaired) electrons. The number of carbonyl (C=O) groups is 3. The molecule has 1 unspecified atom stereocenters. The largest absolute Gasteiger partial charge is 0.409 e. The van der Waals surface area contributed by atoms with Crippen molar-refractivity contribution in [3.8, 4) is 0 Å². The third-order valence-electron chi connectivity index (χ3n) is 8.80. The molecular formula is C34H46Cl2N10O6. The van der Waals surface area contributed by atoms with Crippen molar-refractivity contribution in [2.45, 2.75) is 37.6 Å². The molecule has 0 spiro atoms. The molecule has 52 heavy (non-hydrogen) atoms. The van der Waals surface area contributed by atoms with Crippen LogP contribution in [0.3, 0.4) is 0 Å². The maximum atomic E-state index is 13.5. The van der Waals surface area contributed by atoms with E-state index >= 15 is 0 Å². The van der Waals surface area contributed by atoms with E-state index in [4.69, 9.17) is 55.3 Å². The standard InChI is InChI=1S/C34H46Cl2N10O6/c1-43(33(48)24-16-25(35)18-26(36)17-24)19-29(41-51-22-31(38)42-52-21-30(37)40-50)28(23-6-3-2-4-7-23)10-15-44-13-8-27(9-14-44)46-12-5-11-45(34(46)49)20-32(39)47/h2-4,6-7,16-18,27-28,50H,5,8-15,19-22H2,1H3,(H2,37,40)(H2,38,42)(H2,39,47)/b41-29+. The molecule has 16 nitrogen and oxygen atoms in total. The Kier molecular flexibility index (Phi) is 15.2. The minimum atomic E-state index is -0.517. The van der Waals surface area contributed by atoms with Gasteiger partial charge in [0.1, 0.15) is 6.54 Å². The second-order valence-corrected chi connectivity index (χ2v) is 13.5. The molecule has 2 aromatic carbocycles. The van der Waals surface area contributed by atoms with Crippen molar-refractivity contribution in [1.82, 2.24) is 19.6 Å². The summed E-state index contributed by atoms with van der Waals surface area (Å²) in [5.74, 6) is -1.33. The number of hydrogen-bond acceptors (Lipinski definition) is 10. The van der Waals surface area contributed by atoms with Crippen LogP contribution in [0, 0.1) is 0 Å². The smallest absolute Gasteiger partial charge is 0.320 e. The summed E-state index contributed by atoms with van der Waals surface area (Å²) in [4.78, 5) is 56.0. The Bertz CT molecular complexity index is 1600. The summed E-state index contributed by atoms with van der Waals surface area (Å²) < 4.78 is 0. The third-order valence-corrected chi connectivity index (χ3v) is 9.23. The summed E-state index contributed by atoms with van der Waals surface area (Å²) >= 11 is 12.4. The highest BCUT2D eigenvalue weighted by Gasteiger charge is 2.34. The number of nitrogens with zero attached hydrogens (tertiary/aromatic N) is 7. The summed E-state index contributed by atoms with van der Waals surface area (Å²) in [7, 11) is 1.66. The lowest BCUT2D eigenvalue weighted by Gasteiger charge is -2.43. The predicted molar refractivity (Wildman–Crippen MR) is 199 cm³/mol. The van der Waals surface area contributed by atoms with Gasteiger partial charge in [-0.1, -0.05) is 69.0 Å². The molecule has 18 heteroatoms. The van der Waals surface area contributed by atoms with Crippen molar-refractivity contribution >= 4 is 58.4 Å². The number of carbonyl (C=O) groups excluding carboxylic acids is 3. The van der Waals surface area contributed by atoms with E-state index in [1.165, 1.54) is 9.80 Å². The number of benzene rings is 2. The van der Waals surface area contributed by atoms with Crippen molar-refractivity contribution < 1.29 is 29.3 Å². The molecule has 0 saturated carbocycles. The molecular weight excluding hydrogens is 715 g/mol. The number of oxime groups is 3. The van der Waals surface area contributed by atoms with Crippen LogP contribution in [0.2, 0.25) is 10.0 Å². The van der Waals surface area contributed by atoms with Crippen LogP contribution in [0.5, 0.6) is 0 Å². The average molecular weight is 762 g/mol. The highest BCUT2D eigenvalue weighted by atomic mass is 35.5. The predicted octanol–water partition coefficient (Wildman–Crippen LogP) is 2.72. The molecule has 282 valence electrons. The first-order chi connectivity index (χ1) is 24.9. The topological polar surface area (TPSA) is 218 Å². The molecule has 0 aliphatic carbocycles. The first kappa shape index (κ1) is 40.0. The summed E-state index contributed by atoms with van der Waals surface area (Å²) in [5, 5.41) is 20.4. The summed E-state index contributed by atoms with van der Waals surface area (Å²) in [5.41, 5.74) is 18.5. The van der Waals surface area contributed by atoms with Gasteiger partial charge in [0.25, 0.3) is 5.91 Å². The fraction of sp³-hybridized carbons (Fsp3) is 0.471. The van der Waals surface area contributed by atoms with Gasteiger partial charge in [0.05, 0.1) is 12.3 Å². The fourth-order valence-electron chi connectivity index (χ4n) is 6.29. The molecule has 7 N–H and O–H groups in total. The Morgan fingerprint density at radius 2 is 1.62 bits per heavy atom. The lowest BCUT2D eigenvalue weighted by atomic mass is 9.89. The first-order valence-electron chi connectivity index (χ1n) is 16.9. The Morgan fingerprint density at radius 1 is 0.962 bits per heavy atom. The monoisotopic (exact) mass is 760 g/mol. The number of piperidine rings is 1.